The maximum Gasteiger partial charge on any atom is 0.588 e. The first-order chi connectivity index (χ1) is 36.2. The highest BCUT2D eigenvalue weighted by Crippen LogP contribution is 2.53. The van der Waals surface area contributed by atoms with Crippen molar-refractivity contribution in [1.82, 2.24) is 5.32 Å². The Morgan fingerprint density at radius 2 is 1.25 bits per heavy atom. The second-order valence-corrected chi connectivity index (χ2v) is 32.5. The van der Waals surface area contributed by atoms with Crippen LogP contribution < -0.4 is 14.4 Å². The number of carbonyl (C=O) groups excluding carboxylic acids is 4. The fraction of sp³-hybridized carbons (Fsp3) is 0.698. The molecule has 1 N–H and O–H groups in total. The quantitative estimate of drug-likeness (QED) is 0.0171. The number of nitrogens with one attached hydrogen (secondary N) is 1. The minimum absolute atomic E-state index is 0.0337. The molecule has 0 bridgehead atoms. The molecular weight excluding hydrogens is 1160 g/mol. The van der Waals surface area contributed by atoms with E-state index in [1.807, 2.05) is 0 Å². The average Bonchev–Trinajstić information content (AvgIpc) is 3.33. The number of esters is 2. The zero-order chi connectivity index (χ0) is 57.1. The van der Waals surface area contributed by atoms with Gasteiger partial charge in [0.25, 0.3) is 0 Å². The minimum atomic E-state index is -5.00. The number of amides is 1. The summed E-state index contributed by atoms with van der Waals surface area (Å²) in [6, 6.07) is 14.8. The SMILES string of the molecule is CCCCCCCCCCC[C@H](CC(=O)O[C@@H]1[C@H](NC(=O)OCC(Cl)(Cl)Cl)[C@@H](OCC[Si](C)(C)C)O[C@H](COC(=O)OC(C)(C)C(Cl)(Cl)Cl)[C@H]1OP(=O)(Oc1ccccc1)Oc1ccccc1)OC(=O)CCCCCCC. The molecule has 1 heterocycles. The molecule has 0 aromatic heterocycles. The van der Waals surface area contributed by atoms with Crippen LogP contribution in [0.3, 0.4) is 0 Å². The number of phosphoric ester groups is 1. The number of para-hydroxylation sites is 2. The lowest BCUT2D eigenvalue weighted by molar-refractivity contribution is -0.269. The van der Waals surface area contributed by atoms with Crippen LogP contribution in [-0.4, -0.2) is 102 Å². The molecule has 1 fully saturated rings. The molecule has 0 saturated carbocycles. The normalized spacial score (nSPS) is 18.6. The first-order valence-electron chi connectivity index (χ1n) is 26.6. The van der Waals surface area contributed by atoms with E-state index in [1.54, 1.807) is 36.4 Å². The Hall–Kier alpha value is -2.41. The predicted molar refractivity (Wildman–Crippen MR) is 304 cm³/mol. The summed E-state index contributed by atoms with van der Waals surface area (Å²) in [4.78, 5) is 55.4. The minimum Gasteiger partial charge on any atom is -0.462 e. The van der Waals surface area contributed by atoms with Gasteiger partial charge in [-0.25, -0.2) is 14.2 Å². The summed E-state index contributed by atoms with van der Waals surface area (Å²) in [5.74, 6) is -1.33. The van der Waals surface area contributed by atoms with Gasteiger partial charge in [0.2, 0.25) is 7.59 Å². The molecule has 77 heavy (non-hydrogen) atoms. The monoisotopic (exact) mass is 1240 g/mol. The van der Waals surface area contributed by atoms with Crippen molar-refractivity contribution in [2.45, 2.75) is 212 Å². The van der Waals surface area contributed by atoms with Crippen LogP contribution in [0.5, 0.6) is 11.5 Å². The van der Waals surface area contributed by atoms with Crippen molar-refractivity contribution in [3.05, 3.63) is 60.7 Å². The number of alkyl halides is 6. The van der Waals surface area contributed by atoms with Gasteiger partial charge in [-0.05, 0) is 63.4 Å². The van der Waals surface area contributed by atoms with Crippen LogP contribution in [0.15, 0.2) is 60.7 Å². The summed E-state index contributed by atoms with van der Waals surface area (Å²) in [5.41, 5.74) is -1.73. The summed E-state index contributed by atoms with van der Waals surface area (Å²) >= 11 is 36.3. The highest BCUT2D eigenvalue weighted by Gasteiger charge is 2.55. The van der Waals surface area contributed by atoms with Gasteiger partial charge in [0, 0.05) is 21.1 Å². The molecule has 1 aliphatic rings. The molecule has 3 rings (SSSR count). The third-order valence-corrected chi connectivity index (χ3v) is 16.8. The smallest absolute Gasteiger partial charge is 0.462 e. The summed E-state index contributed by atoms with van der Waals surface area (Å²) in [6.07, 6.45) is 3.63. The summed E-state index contributed by atoms with van der Waals surface area (Å²) < 4.78 is 71.2. The van der Waals surface area contributed by atoms with E-state index in [-0.39, 0.29) is 24.5 Å². The van der Waals surface area contributed by atoms with E-state index in [2.05, 4.69) is 38.8 Å². The molecule has 24 heteroatoms. The Bertz CT molecular complexity index is 2040. The number of unbranched alkanes of at least 4 members (excludes halogenated alkanes) is 12. The van der Waals surface area contributed by atoms with Gasteiger partial charge in [-0.1, -0.05) is 217 Å². The maximum absolute atomic E-state index is 15.4. The number of halogens is 6. The van der Waals surface area contributed by atoms with Crippen LogP contribution in [-0.2, 0) is 51.8 Å². The molecule has 0 aliphatic carbocycles. The van der Waals surface area contributed by atoms with Gasteiger partial charge in [-0.15, -0.1) is 0 Å². The maximum atomic E-state index is 15.4. The standard InChI is InChI=1S/C53H80Cl6NO15PSi/c1-8-10-12-14-15-16-17-19-22-32-41(69-43(61)33-27-18-13-11-9-2)36-44(62)71-47-45(60-49(63)68-38-52(54,55)56)48(66-34-35-77(5,6)7)70-42(37-67-50(64)72-51(3,4)53(57,58)59)46(47)75-76(65,73-39-28-23-20-24-29-39)74-40-30-25-21-26-31-40/h20-21,23-26,28-31,41-42,45-48H,8-19,22,27,32-38H2,1-7H3,(H,60,63)/t41-,42-,45+,46-,47-,48+/m1/s1. The van der Waals surface area contributed by atoms with E-state index in [0.29, 0.717) is 25.3 Å². The molecule has 2 aromatic rings. The molecule has 2 aromatic carbocycles. The Morgan fingerprint density at radius 3 is 1.77 bits per heavy atom. The number of phosphoric acid groups is 1. The second kappa shape index (κ2) is 34.8. The van der Waals surface area contributed by atoms with Crippen molar-refractivity contribution in [2.24, 2.45) is 0 Å². The Morgan fingerprint density at radius 1 is 0.714 bits per heavy atom. The van der Waals surface area contributed by atoms with E-state index in [0.717, 1.165) is 64.2 Å². The summed E-state index contributed by atoms with van der Waals surface area (Å²) in [7, 11) is -6.83. The van der Waals surface area contributed by atoms with Crippen molar-refractivity contribution in [3.63, 3.8) is 0 Å². The third kappa shape index (κ3) is 28.7. The van der Waals surface area contributed by atoms with Crippen molar-refractivity contribution in [3.8, 4) is 11.5 Å². The van der Waals surface area contributed by atoms with Gasteiger partial charge in [0.05, 0.1) is 6.42 Å². The van der Waals surface area contributed by atoms with Crippen LogP contribution in [0.2, 0.25) is 25.7 Å². The third-order valence-electron chi connectivity index (χ3n) is 12.1. The largest absolute Gasteiger partial charge is 0.588 e. The van der Waals surface area contributed by atoms with E-state index in [4.69, 9.17) is 116 Å². The van der Waals surface area contributed by atoms with Gasteiger partial charge in [0.15, 0.2) is 18.0 Å². The molecule has 0 unspecified atom stereocenters. The second-order valence-electron chi connectivity index (χ2n) is 20.6. The highest BCUT2D eigenvalue weighted by molar-refractivity contribution is 7.49. The fourth-order valence-corrected chi connectivity index (χ4v) is 10.1. The average molecular weight is 1240 g/mol. The number of benzene rings is 2. The van der Waals surface area contributed by atoms with Crippen LogP contribution in [0, 0.1) is 0 Å². The van der Waals surface area contributed by atoms with Gasteiger partial charge in [0.1, 0.15) is 49.1 Å². The van der Waals surface area contributed by atoms with Gasteiger partial charge in [-0.2, -0.15) is 0 Å². The van der Waals surface area contributed by atoms with Crippen LogP contribution >= 0.6 is 77.4 Å². The highest BCUT2D eigenvalue weighted by atomic mass is 35.6. The van der Waals surface area contributed by atoms with E-state index in [1.165, 1.54) is 51.0 Å². The topological polar surface area (TPSA) is 190 Å². The van der Waals surface area contributed by atoms with Gasteiger partial charge >= 0.3 is 32.0 Å². The number of hydrogen-bond acceptors (Lipinski definition) is 15. The zero-order valence-electron chi connectivity index (χ0n) is 45.4. The van der Waals surface area contributed by atoms with Crippen molar-refractivity contribution in [2.75, 3.05) is 19.8 Å². The lowest BCUT2D eigenvalue weighted by Crippen LogP contribution is -2.66. The molecule has 1 aliphatic heterocycles. The lowest BCUT2D eigenvalue weighted by Gasteiger charge is -2.45. The molecule has 1 amide bonds. The number of hydrogen-bond donors (Lipinski definition) is 1. The molecular formula is C53H80Cl6NO15PSi. The molecule has 0 spiro atoms. The molecule has 1 saturated heterocycles. The van der Waals surface area contributed by atoms with E-state index < -0.39 is 110 Å². The van der Waals surface area contributed by atoms with Gasteiger partial charge in [-0.3, -0.25) is 14.1 Å². The fourth-order valence-electron chi connectivity index (χ4n) is 7.67. The molecule has 0 radical (unpaired) electrons. The molecule has 438 valence electrons. The van der Waals surface area contributed by atoms with Crippen molar-refractivity contribution >= 4 is 110 Å². The predicted octanol–water partition coefficient (Wildman–Crippen LogP) is 16.0. The van der Waals surface area contributed by atoms with Crippen molar-refractivity contribution in [1.29, 1.82) is 0 Å². The Balaban J connectivity index is 2.20. The van der Waals surface area contributed by atoms with E-state index >= 15 is 4.57 Å². The molecule has 6 atom stereocenters. The van der Waals surface area contributed by atoms with Gasteiger partial charge < -0.3 is 47.5 Å². The van der Waals surface area contributed by atoms with E-state index in [9.17, 15) is 19.2 Å². The van der Waals surface area contributed by atoms with Crippen molar-refractivity contribution < 1.29 is 70.5 Å². The Kier molecular flexibility index (Phi) is 31.1. The number of ether oxygens (including phenoxy) is 7. The number of rotatable bonds is 35. The summed E-state index contributed by atoms with van der Waals surface area (Å²) in [5, 5.41) is 2.62. The number of carbonyl (C=O) groups is 4. The lowest BCUT2D eigenvalue weighted by atomic mass is 9.96. The van der Waals surface area contributed by atoms with Crippen LogP contribution in [0.4, 0.5) is 9.59 Å². The summed E-state index contributed by atoms with van der Waals surface area (Å²) in [6.45, 7) is 11.8. The number of alkyl carbamates (subject to hydrolysis) is 1. The first kappa shape index (κ1) is 68.9. The molecule has 16 nitrogen and oxygen atoms in total. The van der Waals surface area contributed by atoms with Crippen LogP contribution in [0.25, 0.3) is 0 Å². The Labute approximate surface area is 487 Å². The van der Waals surface area contributed by atoms with Crippen LogP contribution in [0.1, 0.15) is 137 Å². The first-order valence-corrected chi connectivity index (χ1v) is 34.0. The zero-order valence-corrected chi connectivity index (χ0v) is 51.9.